The van der Waals surface area contributed by atoms with Crippen LogP contribution in [0.15, 0.2) is 11.6 Å². The van der Waals surface area contributed by atoms with E-state index < -0.39 is 14.4 Å². The summed E-state index contributed by atoms with van der Waals surface area (Å²) in [6, 6.07) is 0. The second-order valence-electron chi connectivity index (χ2n) is 7.32. The quantitative estimate of drug-likeness (QED) is 0.634. The third-order valence-corrected chi connectivity index (χ3v) is 8.99. The Morgan fingerprint density at radius 3 is 2.45 bits per heavy atom. The minimum Gasteiger partial charge on any atom is -0.410 e. The maximum Gasteiger partial charge on any atom is 0.192 e. The Hall–Kier alpha value is -0.453. The van der Waals surface area contributed by atoms with Crippen molar-refractivity contribution in [1.29, 1.82) is 0 Å². The van der Waals surface area contributed by atoms with Gasteiger partial charge in [-0.1, -0.05) is 40.2 Å². The lowest BCUT2D eigenvalue weighted by molar-refractivity contribution is -0.123. The second-order valence-corrected chi connectivity index (χ2v) is 12.1. The molecule has 0 amide bonds. The Bertz CT molecular complexity index is 380. The molecule has 0 bridgehead atoms. The lowest BCUT2D eigenvalue weighted by Crippen LogP contribution is -2.47. The molecule has 0 radical (unpaired) electrons. The van der Waals surface area contributed by atoms with E-state index in [-0.39, 0.29) is 23.3 Å². The predicted octanol–water partition coefficient (Wildman–Crippen LogP) is 3.83. The van der Waals surface area contributed by atoms with E-state index in [1.807, 2.05) is 0 Å². The summed E-state index contributed by atoms with van der Waals surface area (Å²) in [6.07, 6.45) is 3.83. The van der Waals surface area contributed by atoms with Gasteiger partial charge in [-0.25, -0.2) is 0 Å². The van der Waals surface area contributed by atoms with Gasteiger partial charge in [-0.15, -0.1) is 0 Å². The van der Waals surface area contributed by atoms with Gasteiger partial charge in [-0.3, -0.25) is 4.79 Å². The van der Waals surface area contributed by atoms with Crippen molar-refractivity contribution in [2.24, 2.45) is 0 Å². The Kier molecular flexibility index (Phi) is 5.76. The summed E-state index contributed by atoms with van der Waals surface area (Å²) in [5, 5.41) is 10.3. The maximum atomic E-state index is 11.8. The van der Waals surface area contributed by atoms with Crippen LogP contribution in [0.4, 0.5) is 0 Å². The molecule has 0 spiro atoms. The molecule has 1 saturated carbocycles. The van der Waals surface area contributed by atoms with Gasteiger partial charge in [0.25, 0.3) is 0 Å². The predicted molar refractivity (Wildman–Crippen MR) is 85.3 cm³/mol. The SMILES string of the molecule is CCC/C=C1\[C@H](O)CC(=O)C[C@H]1O[Si](C)(C)C(C)(C)C. The normalized spacial score (nSPS) is 27.1. The molecule has 2 atom stereocenters. The summed E-state index contributed by atoms with van der Waals surface area (Å²) in [7, 11) is -1.94. The van der Waals surface area contributed by atoms with Crippen LogP contribution in [0.3, 0.4) is 0 Å². The number of ketones is 1. The molecule has 1 fully saturated rings. The number of carbonyl (C=O) groups excluding carboxylic acids is 1. The molecule has 4 heteroatoms. The molecule has 1 rings (SSSR count). The number of hydrogen-bond donors (Lipinski definition) is 1. The summed E-state index contributed by atoms with van der Waals surface area (Å²) in [5.41, 5.74) is 0.927. The number of Topliss-reactive ketones (excluding diaryl/α,β-unsaturated/α-hetero) is 1. The zero-order valence-corrected chi connectivity index (χ0v) is 14.8. The number of hydrogen-bond acceptors (Lipinski definition) is 3. The van der Waals surface area contributed by atoms with Gasteiger partial charge in [0.15, 0.2) is 8.32 Å². The van der Waals surface area contributed by atoms with E-state index in [1.54, 1.807) is 0 Å². The standard InChI is InChI=1S/C16H30O3Si/c1-7-8-9-13-14(18)10-12(17)11-15(13)19-20(5,6)16(2,3)4/h9,14-15,18H,7-8,10-11H2,1-6H3/b13-9+/t14-,15-/m1/s1. The molecule has 0 aromatic rings. The first-order chi connectivity index (χ1) is 9.08. The van der Waals surface area contributed by atoms with Crippen LogP contribution in [0, 0.1) is 0 Å². The van der Waals surface area contributed by atoms with E-state index in [2.05, 4.69) is 46.9 Å². The van der Waals surface area contributed by atoms with Gasteiger partial charge in [0.2, 0.25) is 0 Å². The van der Waals surface area contributed by atoms with Crippen LogP contribution in [0.5, 0.6) is 0 Å². The minimum absolute atomic E-state index is 0.105. The van der Waals surface area contributed by atoms with E-state index in [9.17, 15) is 9.90 Å². The maximum absolute atomic E-state index is 11.8. The monoisotopic (exact) mass is 298 g/mol. The van der Waals surface area contributed by atoms with Gasteiger partial charge in [0, 0.05) is 12.8 Å². The largest absolute Gasteiger partial charge is 0.410 e. The van der Waals surface area contributed by atoms with Crippen molar-refractivity contribution in [3.05, 3.63) is 11.6 Å². The Morgan fingerprint density at radius 2 is 1.95 bits per heavy atom. The number of aliphatic hydroxyl groups is 1. The van der Waals surface area contributed by atoms with Crippen molar-refractivity contribution in [3.8, 4) is 0 Å². The van der Waals surface area contributed by atoms with Crippen LogP contribution in [-0.2, 0) is 9.22 Å². The van der Waals surface area contributed by atoms with Gasteiger partial charge in [-0.05, 0) is 30.1 Å². The zero-order chi connectivity index (χ0) is 15.6. The lowest BCUT2D eigenvalue weighted by Gasteiger charge is -2.41. The highest BCUT2D eigenvalue weighted by atomic mass is 28.4. The van der Waals surface area contributed by atoms with E-state index in [1.165, 1.54) is 0 Å². The van der Waals surface area contributed by atoms with E-state index >= 15 is 0 Å². The first-order valence-electron chi connectivity index (χ1n) is 7.66. The van der Waals surface area contributed by atoms with Crippen LogP contribution < -0.4 is 0 Å². The smallest absolute Gasteiger partial charge is 0.192 e. The average molecular weight is 298 g/mol. The van der Waals surface area contributed by atoms with Crippen molar-refractivity contribution in [3.63, 3.8) is 0 Å². The number of unbranched alkanes of at least 4 members (excludes halogenated alkanes) is 1. The molecular weight excluding hydrogens is 268 g/mol. The molecule has 0 aromatic carbocycles. The van der Waals surface area contributed by atoms with Crippen LogP contribution in [0.25, 0.3) is 0 Å². The first kappa shape index (κ1) is 17.6. The highest BCUT2D eigenvalue weighted by Gasteiger charge is 2.42. The van der Waals surface area contributed by atoms with Crippen molar-refractivity contribution >= 4 is 14.1 Å². The van der Waals surface area contributed by atoms with Crippen LogP contribution >= 0.6 is 0 Å². The van der Waals surface area contributed by atoms with Gasteiger partial charge < -0.3 is 9.53 Å². The number of aliphatic hydroxyl groups excluding tert-OH is 1. The molecule has 1 aliphatic carbocycles. The summed E-state index contributed by atoms with van der Waals surface area (Å²) in [6.45, 7) is 13.1. The van der Waals surface area contributed by atoms with Gasteiger partial charge in [0.05, 0.1) is 12.2 Å². The fourth-order valence-corrected chi connectivity index (χ4v) is 3.46. The number of allylic oxidation sites excluding steroid dienone is 1. The Balaban J connectivity index is 2.95. The third-order valence-electron chi connectivity index (χ3n) is 4.50. The molecule has 20 heavy (non-hydrogen) atoms. The second kappa shape index (κ2) is 6.54. The Labute approximate surface area is 124 Å². The van der Waals surface area contributed by atoms with Crippen LogP contribution in [0.1, 0.15) is 53.4 Å². The van der Waals surface area contributed by atoms with Crippen molar-refractivity contribution < 1.29 is 14.3 Å². The van der Waals surface area contributed by atoms with Crippen molar-refractivity contribution in [2.45, 2.75) is 83.7 Å². The summed E-state index contributed by atoms with van der Waals surface area (Å²) < 4.78 is 6.38. The molecule has 3 nitrogen and oxygen atoms in total. The summed E-state index contributed by atoms with van der Waals surface area (Å²) >= 11 is 0. The molecule has 0 unspecified atom stereocenters. The first-order valence-corrected chi connectivity index (χ1v) is 10.6. The van der Waals surface area contributed by atoms with Crippen molar-refractivity contribution in [2.75, 3.05) is 0 Å². The van der Waals surface area contributed by atoms with Gasteiger partial charge in [-0.2, -0.15) is 0 Å². The number of carbonyl (C=O) groups is 1. The highest BCUT2D eigenvalue weighted by Crippen LogP contribution is 2.39. The van der Waals surface area contributed by atoms with Crippen molar-refractivity contribution in [1.82, 2.24) is 0 Å². The molecule has 0 saturated heterocycles. The highest BCUT2D eigenvalue weighted by molar-refractivity contribution is 6.74. The average Bonchev–Trinajstić information content (AvgIpc) is 2.25. The molecule has 0 aromatic heterocycles. The lowest BCUT2D eigenvalue weighted by atomic mass is 9.88. The molecule has 0 heterocycles. The molecular formula is C16H30O3Si. The van der Waals surface area contributed by atoms with Gasteiger partial charge >= 0.3 is 0 Å². The topological polar surface area (TPSA) is 46.5 Å². The summed E-state index contributed by atoms with van der Waals surface area (Å²) in [5.74, 6) is 0.106. The fraction of sp³-hybridized carbons (Fsp3) is 0.812. The number of rotatable bonds is 4. The van der Waals surface area contributed by atoms with Gasteiger partial charge in [0.1, 0.15) is 5.78 Å². The van der Waals surface area contributed by atoms with Crippen LogP contribution in [0.2, 0.25) is 18.1 Å². The Morgan fingerprint density at radius 1 is 1.35 bits per heavy atom. The minimum atomic E-state index is -1.94. The van der Waals surface area contributed by atoms with E-state index in [0.29, 0.717) is 6.42 Å². The molecule has 1 N–H and O–H groups in total. The van der Waals surface area contributed by atoms with E-state index in [0.717, 1.165) is 18.4 Å². The molecule has 116 valence electrons. The third kappa shape index (κ3) is 4.27. The fourth-order valence-electron chi connectivity index (χ4n) is 2.18. The molecule has 0 aliphatic heterocycles. The molecule has 1 aliphatic rings. The van der Waals surface area contributed by atoms with E-state index in [4.69, 9.17) is 4.43 Å². The zero-order valence-electron chi connectivity index (χ0n) is 13.8. The van der Waals surface area contributed by atoms with Crippen LogP contribution in [-0.4, -0.2) is 31.4 Å². The summed E-state index contributed by atoms with van der Waals surface area (Å²) in [4.78, 5) is 11.8.